The van der Waals surface area contributed by atoms with Crippen LogP contribution in [-0.4, -0.2) is 18.7 Å². The number of benzene rings is 1. The predicted octanol–water partition coefficient (Wildman–Crippen LogP) is 4.33. The molecule has 6 nitrogen and oxygen atoms in total. The normalized spacial score (nSPS) is 11.4. The molecule has 0 bridgehead atoms. The lowest BCUT2D eigenvalue weighted by molar-refractivity contribution is 0.632. The molecule has 2 heterocycles. The Kier molecular flexibility index (Phi) is 4.75. The molecular weight excluding hydrogens is 346 g/mol. The minimum Gasteiger partial charge on any atom is -0.335 e. The van der Waals surface area contributed by atoms with Gasteiger partial charge in [-0.1, -0.05) is 31.4 Å². The second-order valence-electron chi connectivity index (χ2n) is 4.78. The van der Waals surface area contributed by atoms with Gasteiger partial charge in [0.15, 0.2) is 11.6 Å². The topological polar surface area (TPSA) is 75.6 Å². The van der Waals surface area contributed by atoms with Crippen molar-refractivity contribution in [2.45, 2.75) is 0 Å². The highest BCUT2D eigenvalue weighted by Crippen LogP contribution is 2.27. The van der Waals surface area contributed by atoms with E-state index in [0.29, 0.717) is 5.65 Å². The molecule has 9 heteroatoms. The molecule has 1 aromatic carbocycles. The number of halogens is 2. The van der Waals surface area contributed by atoms with Crippen LogP contribution in [0.15, 0.2) is 61.1 Å². The summed E-state index contributed by atoms with van der Waals surface area (Å²) in [7, 11) is 0. The molecule has 0 fully saturated rings. The standard InChI is InChI=1S/C16H12F2N6S/c1-3-6-11(9(2)17)19-13-14(20-12-8-5-4-7-10(12)18)22-16-15(21-13)23-25-24-16/h3-8H,1-2H2,(H,19,21,23)(H,20,22,24)/b11-6+. The monoisotopic (exact) mass is 358 g/mol. The lowest BCUT2D eigenvalue weighted by atomic mass is 10.3. The number of allylic oxidation sites excluding steroid dienone is 3. The van der Waals surface area contributed by atoms with E-state index in [1.165, 1.54) is 18.2 Å². The first-order valence-corrected chi connectivity index (χ1v) is 7.78. The number of anilines is 3. The molecule has 126 valence electrons. The van der Waals surface area contributed by atoms with Crippen molar-refractivity contribution < 1.29 is 8.78 Å². The SMILES string of the molecule is C=C/C=C(/Nc1nc2nsnc2nc1Nc1ccccc1F)C(=C)F. The average molecular weight is 358 g/mol. The van der Waals surface area contributed by atoms with Crippen LogP contribution in [-0.2, 0) is 0 Å². The van der Waals surface area contributed by atoms with E-state index >= 15 is 0 Å². The predicted molar refractivity (Wildman–Crippen MR) is 94.8 cm³/mol. The minimum absolute atomic E-state index is 0.0448. The first-order chi connectivity index (χ1) is 12.1. The maximum atomic E-state index is 13.9. The van der Waals surface area contributed by atoms with Crippen LogP contribution in [0.2, 0.25) is 0 Å². The second-order valence-corrected chi connectivity index (χ2v) is 5.31. The van der Waals surface area contributed by atoms with Crippen LogP contribution < -0.4 is 10.6 Å². The number of fused-ring (bicyclic) bond motifs is 1. The van der Waals surface area contributed by atoms with E-state index in [2.05, 4.69) is 42.5 Å². The van der Waals surface area contributed by atoms with Crippen molar-refractivity contribution in [2.75, 3.05) is 10.6 Å². The smallest absolute Gasteiger partial charge is 0.214 e. The van der Waals surface area contributed by atoms with Crippen LogP contribution in [0.1, 0.15) is 0 Å². The fourth-order valence-corrected chi connectivity index (χ4v) is 2.39. The molecule has 0 amide bonds. The summed E-state index contributed by atoms with van der Waals surface area (Å²) in [5.41, 5.74) is 0.816. The molecule has 0 aliphatic carbocycles. The van der Waals surface area contributed by atoms with Crippen LogP contribution in [0, 0.1) is 5.82 Å². The van der Waals surface area contributed by atoms with Gasteiger partial charge in [0.05, 0.1) is 23.1 Å². The lowest BCUT2D eigenvalue weighted by Crippen LogP contribution is -2.07. The van der Waals surface area contributed by atoms with E-state index in [1.54, 1.807) is 18.2 Å². The number of aromatic nitrogens is 4. The van der Waals surface area contributed by atoms with Gasteiger partial charge >= 0.3 is 0 Å². The van der Waals surface area contributed by atoms with Gasteiger partial charge in [-0.2, -0.15) is 8.75 Å². The highest BCUT2D eigenvalue weighted by molar-refractivity contribution is 6.99. The molecular formula is C16H12F2N6S. The van der Waals surface area contributed by atoms with E-state index in [4.69, 9.17) is 0 Å². The van der Waals surface area contributed by atoms with Crippen LogP contribution >= 0.6 is 11.7 Å². The van der Waals surface area contributed by atoms with Crippen molar-refractivity contribution in [1.82, 2.24) is 18.7 Å². The van der Waals surface area contributed by atoms with Gasteiger partial charge in [-0.15, -0.1) is 0 Å². The Morgan fingerprint density at radius 2 is 1.80 bits per heavy atom. The molecule has 0 spiro atoms. The van der Waals surface area contributed by atoms with Crippen LogP contribution in [0.3, 0.4) is 0 Å². The number of nitrogens with zero attached hydrogens (tertiary/aromatic N) is 4. The Labute approximate surface area is 146 Å². The molecule has 0 unspecified atom stereocenters. The number of hydrogen-bond acceptors (Lipinski definition) is 7. The molecule has 0 saturated carbocycles. The summed E-state index contributed by atoms with van der Waals surface area (Å²) >= 11 is 0.938. The number of hydrogen-bond donors (Lipinski definition) is 2. The summed E-state index contributed by atoms with van der Waals surface area (Å²) in [5.74, 6) is -0.865. The first-order valence-electron chi connectivity index (χ1n) is 7.05. The van der Waals surface area contributed by atoms with Crippen LogP contribution in [0.4, 0.5) is 26.1 Å². The summed E-state index contributed by atoms with van der Waals surface area (Å²) in [6.45, 7) is 6.77. The highest BCUT2D eigenvalue weighted by Gasteiger charge is 2.15. The van der Waals surface area contributed by atoms with Crippen molar-refractivity contribution in [3.05, 3.63) is 66.9 Å². The Morgan fingerprint density at radius 3 is 2.44 bits per heavy atom. The van der Waals surface area contributed by atoms with Gasteiger partial charge in [-0.05, 0) is 18.2 Å². The molecule has 2 N–H and O–H groups in total. The van der Waals surface area contributed by atoms with Gasteiger partial charge in [0, 0.05) is 0 Å². The molecule has 3 rings (SSSR count). The molecule has 0 saturated heterocycles. The van der Waals surface area contributed by atoms with Gasteiger partial charge in [0.1, 0.15) is 11.6 Å². The highest BCUT2D eigenvalue weighted by atomic mass is 32.1. The molecule has 3 aromatic rings. The third-order valence-corrected chi connectivity index (χ3v) is 3.58. The van der Waals surface area contributed by atoms with Crippen LogP contribution in [0.25, 0.3) is 11.3 Å². The Balaban J connectivity index is 2.06. The van der Waals surface area contributed by atoms with E-state index in [0.717, 1.165) is 11.7 Å². The molecule has 2 aromatic heterocycles. The summed E-state index contributed by atoms with van der Waals surface area (Å²) in [4.78, 5) is 8.53. The van der Waals surface area contributed by atoms with Crippen molar-refractivity contribution in [2.24, 2.45) is 0 Å². The minimum atomic E-state index is -0.713. The zero-order chi connectivity index (χ0) is 17.8. The summed E-state index contributed by atoms with van der Waals surface area (Å²) in [6.07, 6.45) is 2.79. The summed E-state index contributed by atoms with van der Waals surface area (Å²) in [5, 5.41) is 5.59. The van der Waals surface area contributed by atoms with Gasteiger partial charge < -0.3 is 10.6 Å². The van der Waals surface area contributed by atoms with E-state index in [-0.39, 0.29) is 28.7 Å². The lowest BCUT2D eigenvalue weighted by Gasteiger charge is -2.13. The molecule has 0 atom stereocenters. The fraction of sp³-hybridized carbons (Fsp3) is 0. The van der Waals surface area contributed by atoms with E-state index in [1.807, 2.05) is 0 Å². The molecule has 25 heavy (non-hydrogen) atoms. The van der Waals surface area contributed by atoms with E-state index in [9.17, 15) is 8.78 Å². The summed E-state index contributed by atoms with van der Waals surface area (Å²) in [6, 6.07) is 6.08. The zero-order valence-electron chi connectivity index (χ0n) is 12.8. The third-order valence-electron chi connectivity index (χ3n) is 3.07. The van der Waals surface area contributed by atoms with E-state index < -0.39 is 11.6 Å². The zero-order valence-corrected chi connectivity index (χ0v) is 13.6. The van der Waals surface area contributed by atoms with Gasteiger partial charge in [0.25, 0.3) is 0 Å². The Morgan fingerprint density at radius 1 is 1.12 bits per heavy atom. The number of nitrogens with one attached hydrogen (secondary N) is 2. The summed E-state index contributed by atoms with van der Waals surface area (Å²) < 4.78 is 35.5. The third kappa shape index (κ3) is 3.66. The Bertz CT molecular complexity index is 982. The number of para-hydroxylation sites is 1. The maximum Gasteiger partial charge on any atom is 0.214 e. The maximum absolute atomic E-state index is 13.9. The van der Waals surface area contributed by atoms with Crippen molar-refractivity contribution in [1.29, 1.82) is 0 Å². The van der Waals surface area contributed by atoms with Gasteiger partial charge in [0.2, 0.25) is 11.3 Å². The fourth-order valence-electron chi connectivity index (χ4n) is 1.95. The van der Waals surface area contributed by atoms with Crippen LogP contribution in [0.5, 0.6) is 0 Å². The average Bonchev–Trinajstić information content (AvgIpc) is 3.03. The quantitative estimate of drug-likeness (QED) is 0.639. The first kappa shape index (κ1) is 16.7. The van der Waals surface area contributed by atoms with Gasteiger partial charge in [-0.25, -0.2) is 18.7 Å². The van der Waals surface area contributed by atoms with Gasteiger partial charge in [-0.3, -0.25) is 0 Å². The van der Waals surface area contributed by atoms with Crippen molar-refractivity contribution >= 4 is 40.3 Å². The van der Waals surface area contributed by atoms with Crippen molar-refractivity contribution in [3.63, 3.8) is 0 Å². The number of rotatable bonds is 6. The molecule has 0 aliphatic heterocycles. The molecule has 0 aliphatic rings. The second kappa shape index (κ2) is 7.14. The Hall–Kier alpha value is -3.20. The largest absolute Gasteiger partial charge is 0.335 e. The van der Waals surface area contributed by atoms with Crippen molar-refractivity contribution in [3.8, 4) is 0 Å². The molecule has 0 radical (unpaired) electrons.